The minimum Gasteiger partial charge on any atom is -0.484 e. The Labute approximate surface area is 188 Å². The first kappa shape index (κ1) is 22.9. The Hall–Kier alpha value is -3.76. The van der Waals surface area contributed by atoms with E-state index in [1.807, 2.05) is 37.3 Å². The van der Waals surface area contributed by atoms with Crippen LogP contribution in [0.1, 0.15) is 11.1 Å². The summed E-state index contributed by atoms with van der Waals surface area (Å²) in [6, 6.07) is 22.7. The molecule has 3 rings (SSSR count). The number of hydrogen-bond donors (Lipinski definition) is 1. The van der Waals surface area contributed by atoms with Crippen molar-refractivity contribution in [1.29, 1.82) is 0 Å². The van der Waals surface area contributed by atoms with Crippen LogP contribution in [0.25, 0.3) is 0 Å². The van der Waals surface area contributed by atoms with Crippen LogP contribution < -0.4 is 14.4 Å². The molecule has 3 aromatic carbocycles. The number of amides is 1. The second-order valence-electron chi connectivity index (χ2n) is 7.01. The first-order chi connectivity index (χ1) is 15.4. The molecular weight excluding hydrogens is 424 g/mol. The molecule has 0 saturated heterocycles. The number of hydrogen-bond acceptors (Lipinski definition) is 4. The number of ether oxygens (including phenoxy) is 1. The molecule has 32 heavy (non-hydrogen) atoms. The summed E-state index contributed by atoms with van der Waals surface area (Å²) in [5.74, 6) is 6.00. The highest BCUT2D eigenvalue weighted by molar-refractivity contribution is 7.92. The lowest BCUT2D eigenvalue weighted by Crippen LogP contribution is -2.29. The second kappa shape index (κ2) is 10.5. The normalized spacial score (nSPS) is 10.6. The van der Waals surface area contributed by atoms with Crippen LogP contribution in [0.5, 0.6) is 5.75 Å². The highest BCUT2D eigenvalue weighted by atomic mass is 32.2. The minimum atomic E-state index is -3.66. The molecule has 0 aliphatic rings. The van der Waals surface area contributed by atoms with Crippen molar-refractivity contribution in [2.75, 3.05) is 24.5 Å². The molecule has 164 valence electrons. The van der Waals surface area contributed by atoms with E-state index in [0.29, 0.717) is 11.4 Å². The predicted octanol–water partition coefficient (Wildman–Crippen LogP) is 3.37. The highest BCUT2D eigenvalue weighted by Crippen LogP contribution is 2.24. The molecular formula is C25H24N2O4S. The fraction of sp³-hybridized carbons (Fsp3) is 0.160. The third-order valence-corrected chi connectivity index (χ3v) is 6.43. The number of carbonyl (C=O) groups is 1. The van der Waals surface area contributed by atoms with E-state index in [2.05, 4.69) is 17.2 Å². The third kappa shape index (κ3) is 6.13. The fourth-order valence-corrected chi connectivity index (χ4v) is 3.97. The molecule has 0 spiro atoms. The summed E-state index contributed by atoms with van der Waals surface area (Å²) in [7, 11) is -2.17. The van der Waals surface area contributed by atoms with Crippen LogP contribution in [0, 0.1) is 18.8 Å². The van der Waals surface area contributed by atoms with Crippen molar-refractivity contribution in [1.82, 2.24) is 5.32 Å². The first-order valence-electron chi connectivity index (χ1n) is 9.95. The average Bonchev–Trinajstić information content (AvgIpc) is 2.81. The highest BCUT2D eigenvalue weighted by Gasteiger charge is 2.21. The number of nitrogens with one attached hydrogen (secondary N) is 1. The van der Waals surface area contributed by atoms with Crippen LogP contribution in [0.4, 0.5) is 5.69 Å². The van der Waals surface area contributed by atoms with E-state index in [9.17, 15) is 13.2 Å². The second-order valence-corrected chi connectivity index (χ2v) is 8.98. The number of aryl methyl sites for hydroxylation is 1. The van der Waals surface area contributed by atoms with Gasteiger partial charge in [-0.3, -0.25) is 9.10 Å². The average molecular weight is 449 g/mol. The fourth-order valence-electron chi connectivity index (χ4n) is 2.77. The van der Waals surface area contributed by atoms with Crippen LogP contribution in [-0.2, 0) is 14.8 Å². The summed E-state index contributed by atoms with van der Waals surface area (Å²) in [5, 5.41) is 2.67. The van der Waals surface area contributed by atoms with E-state index in [0.717, 1.165) is 11.1 Å². The summed E-state index contributed by atoms with van der Waals surface area (Å²) in [4.78, 5) is 12.1. The van der Waals surface area contributed by atoms with Gasteiger partial charge in [-0.15, -0.1) is 0 Å². The van der Waals surface area contributed by atoms with E-state index < -0.39 is 10.0 Å². The topological polar surface area (TPSA) is 75.7 Å². The zero-order valence-corrected chi connectivity index (χ0v) is 18.7. The standard InChI is InChI=1S/C25H24N2O4S/c1-20-10-16-24(17-11-20)32(29,30)27(2)22-12-14-23(15-13-22)31-19-25(28)26-18-6-9-21-7-4-3-5-8-21/h3-5,7-8,10-17H,18-19H2,1-2H3,(H,26,28). The van der Waals surface area contributed by atoms with Gasteiger partial charge in [0.05, 0.1) is 17.1 Å². The molecule has 0 atom stereocenters. The lowest BCUT2D eigenvalue weighted by Gasteiger charge is -2.20. The Bertz CT molecular complexity index is 1210. The van der Waals surface area contributed by atoms with E-state index in [1.54, 1.807) is 48.5 Å². The molecule has 3 aromatic rings. The molecule has 0 unspecified atom stereocenters. The third-order valence-electron chi connectivity index (χ3n) is 4.63. The molecule has 0 fully saturated rings. The van der Waals surface area contributed by atoms with Gasteiger partial charge in [0.25, 0.3) is 15.9 Å². The van der Waals surface area contributed by atoms with E-state index in [-0.39, 0.29) is 24.0 Å². The van der Waals surface area contributed by atoms with Crippen molar-refractivity contribution in [3.05, 3.63) is 90.0 Å². The maximum absolute atomic E-state index is 12.8. The summed E-state index contributed by atoms with van der Waals surface area (Å²) in [6.07, 6.45) is 0. The van der Waals surface area contributed by atoms with Crippen molar-refractivity contribution in [3.63, 3.8) is 0 Å². The Kier molecular flexibility index (Phi) is 7.53. The van der Waals surface area contributed by atoms with Gasteiger partial charge < -0.3 is 10.1 Å². The Morgan fingerprint density at radius 2 is 1.62 bits per heavy atom. The first-order valence-corrected chi connectivity index (χ1v) is 11.4. The zero-order chi connectivity index (χ0) is 23.0. The lowest BCUT2D eigenvalue weighted by molar-refractivity contribution is -0.122. The Morgan fingerprint density at radius 1 is 0.969 bits per heavy atom. The molecule has 0 aliphatic carbocycles. The SMILES string of the molecule is Cc1ccc(S(=O)(=O)N(C)c2ccc(OCC(=O)NCC#Cc3ccccc3)cc2)cc1. The van der Waals surface area contributed by atoms with Gasteiger partial charge in [0.15, 0.2) is 6.61 Å². The zero-order valence-electron chi connectivity index (χ0n) is 17.9. The van der Waals surface area contributed by atoms with E-state index >= 15 is 0 Å². The van der Waals surface area contributed by atoms with Crippen LogP contribution >= 0.6 is 0 Å². The van der Waals surface area contributed by atoms with Crippen LogP contribution in [0.2, 0.25) is 0 Å². The predicted molar refractivity (Wildman–Crippen MR) is 125 cm³/mol. The van der Waals surface area contributed by atoms with Crippen LogP contribution in [0.3, 0.4) is 0 Å². The number of sulfonamides is 1. The molecule has 0 aromatic heterocycles. The molecule has 0 saturated carbocycles. The van der Waals surface area contributed by atoms with Gasteiger partial charge >= 0.3 is 0 Å². The maximum Gasteiger partial charge on any atom is 0.264 e. The number of carbonyl (C=O) groups excluding carboxylic acids is 1. The monoisotopic (exact) mass is 448 g/mol. The largest absolute Gasteiger partial charge is 0.484 e. The van der Waals surface area contributed by atoms with Crippen molar-refractivity contribution < 1.29 is 17.9 Å². The van der Waals surface area contributed by atoms with Gasteiger partial charge in [0, 0.05) is 12.6 Å². The molecule has 7 heteroatoms. The van der Waals surface area contributed by atoms with E-state index in [1.165, 1.54) is 11.4 Å². The van der Waals surface area contributed by atoms with Crippen LogP contribution in [-0.4, -0.2) is 34.5 Å². The summed E-state index contributed by atoms with van der Waals surface area (Å²) in [6.45, 7) is 1.96. The molecule has 0 bridgehead atoms. The number of anilines is 1. The van der Waals surface area contributed by atoms with Crippen molar-refractivity contribution in [3.8, 4) is 17.6 Å². The van der Waals surface area contributed by atoms with Gasteiger partial charge in [0.1, 0.15) is 5.75 Å². The van der Waals surface area contributed by atoms with Crippen LogP contribution in [0.15, 0.2) is 83.8 Å². The Balaban J connectivity index is 1.51. The van der Waals surface area contributed by atoms with Gasteiger partial charge in [-0.05, 0) is 55.5 Å². The lowest BCUT2D eigenvalue weighted by atomic mass is 10.2. The molecule has 0 radical (unpaired) electrons. The number of rotatable bonds is 7. The van der Waals surface area contributed by atoms with E-state index in [4.69, 9.17) is 4.74 Å². The Morgan fingerprint density at radius 3 is 2.28 bits per heavy atom. The molecule has 1 N–H and O–H groups in total. The smallest absolute Gasteiger partial charge is 0.264 e. The molecule has 0 aliphatic heterocycles. The molecule has 1 amide bonds. The van der Waals surface area contributed by atoms with Crippen molar-refractivity contribution >= 4 is 21.6 Å². The summed E-state index contributed by atoms with van der Waals surface area (Å²) in [5.41, 5.74) is 2.35. The van der Waals surface area contributed by atoms with Gasteiger partial charge in [-0.2, -0.15) is 0 Å². The molecule has 6 nitrogen and oxygen atoms in total. The van der Waals surface area contributed by atoms with Gasteiger partial charge in [-0.1, -0.05) is 47.7 Å². The van der Waals surface area contributed by atoms with Gasteiger partial charge in [-0.25, -0.2) is 8.42 Å². The van der Waals surface area contributed by atoms with Gasteiger partial charge in [0.2, 0.25) is 0 Å². The quantitative estimate of drug-likeness (QED) is 0.563. The number of benzene rings is 3. The van der Waals surface area contributed by atoms with Crippen molar-refractivity contribution in [2.24, 2.45) is 0 Å². The van der Waals surface area contributed by atoms with Crippen molar-refractivity contribution in [2.45, 2.75) is 11.8 Å². The molecule has 0 heterocycles. The summed E-state index contributed by atoms with van der Waals surface area (Å²) >= 11 is 0. The number of nitrogens with zero attached hydrogens (tertiary/aromatic N) is 1. The summed E-state index contributed by atoms with van der Waals surface area (Å²) < 4.78 is 32.3. The minimum absolute atomic E-state index is 0.163. The maximum atomic E-state index is 12.8.